The molecule has 0 fully saturated rings. The number of hydrogen-bond acceptors (Lipinski definition) is 4. The first-order valence-corrected chi connectivity index (χ1v) is 7.02. The lowest BCUT2D eigenvalue weighted by atomic mass is 10.0. The van der Waals surface area contributed by atoms with Gasteiger partial charge in [0.2, 0.25) is 0 Å². The zero-order valence-corrected chi connectivity index (χ0v) is 12.1. The number of alkyl halides is 1. The van der Waals surface area contributed by atoms with Crippen LogP contribution < -0.4 is 0 Å². The van der Waals surface area contributed by atoms with Gasteiger partial charge in [0.15, 0.2) is 0 Å². The number of hydrogen-bond donors (Lipinski definition) is 2. The molecule has 0 spiro atoms. The van der Waals surface area contributed by atoms with E-state index in [1.807, 2.05) is 0 Å². The smallest absolute Gasteiger partial charge is 0.341 e. The molecule has 106 valence electrons. The normalized spacial score (nSPS) is 13.9. The predicted molar refractivity (Wildman–Crippen MR) is 71.7 cm³/mol. The molecule has 1 aromatic rings. The summed E-state index contributed by atoms with van der Waals surface area (Å²) < 4.78 is 18.2. The van der Waals surface area contributed by atoms with E-state index >= 15 is 0 Å². The lowest BCUT2D eigenvalue weighted by Gasteiger charge is -2.18. The molecule has 0 heterocycles. The van der Waals surface area contributed by atoms with Gasteiger partial charge in [-0.05, 0) is 31.0 Å². The Morgan fingerprint density at radius 1 is 1.47 bits per heavy atom. The van der Waals surface area contributed by atoms with E-state index in [0.29, 0.717) is 11.8 Å². The molecular formula is C13H16BrFO4. The summed E-state index contributed by atoms with van der Waals surface area (Å²) in [5.41, 5.74) is 0.0299. The van der Waals surface area contributed by atoms with Crippen LogP contribution in [0.5, 0.6) is 0 Å². The van der Waals surface area contributed by atoms with Crippen molar-refractivity contribution in [2.75, 3.05) is 11.9 Å². The van der Waals surface area contributed by atoms with Crippen molar-refractivity contribution in [3.8, 4) is 0 Å². The molecule has 2 N–H and O–H groups in total. The van der Waals surface area contributed by atoms with Gasteiger partial charge in [-0.2, -0.15) is 0 Å². The fourth-order valence-corrected chi connectivity index (χ4v) is 2.05. The fourth-order valence-electron chi connectivity index (χ4n) is 1.58. The number of benzene rings is 1. The van der Waals surface area contributed by atoms with Gasteiger partial charge in [0, 0.05) is 5.33 Å². The fraction of sp³-hybridized carbons (Fsp3) is 0.462. The van der Waals surface area contributed by atoms with Gasteiger partial charge in [0.25, 0.3) is 0 Å². The van der Waals surface area contributed by atoms with Crippen LogP contribution in [0.3, 0.4) is 0 Å². The summed E-state index contributed by atoms with van der Waals surface area (Å²) in [6.07, 6.45) is -1.82. The molecule has 0 radical (unpaired) electrons. The van der Waals surface area contributed by atoms with Crippen molar-refractivity contribution < 1.29 is 24.1 Å². The van der Waals surface area contributed by atoms with Gasteiger partial charge < -0.3 is 14.9 Å². The summed E-state index contributed by atoms with van der Waals surface area (Å²) in [5, 5.41) is 20.1. The Hall–Kier alpha value is -0.980. The number of esters is 1. The van der Waals surface area contributed by atoms with Crippen molar-refractivity contribution in [1.29, 1.82) is 0 Å². The monoisotopic (exact) mass is 334 g/mol. The number of ether oxygens (including phenoxy) is 1. The van der Waals surface area contributed by atoms with Gasteiger partial charge >= 0.3 is 5.97 Å². The third-order valence-corrected chi connectivity index (χ3v) is 3.05. The van der Waals surface area contributed by atoms with Crippen LogP contribution in [0.25, 0.3) is 0 Å². The maximum atomic E-state index is 13.5. The van der Waals surface area contributed by atoms with Crippen LogP contribution >= 0.6 is 15.9 Å². The van der Waals surface area contributed by atoms with E-state index in [1.54, 1.807) is 6.92 Å². The van der Waals surface area contributed by atoms with Crippen LogP contribution in [0.4, 0.5) is 4.39 Å². The summed E-state index contributed by atoms with van der Waals surface area (Å²) in [5.74, 6) is -1.51. The van der Waals surface area contributed by atoms with E-state index in [0.717, 1.165) is 6.07 Å². The summed E-state index contributed by atoms with van der Waals surface area (Å²) in [6, 6.07) is 3.61. The van der Waals surface area contributed by atoms with Crippen molar-refractivity contribution >= 4 is 21.9 Å². The van der Waals surface area contributed by atoms with Crippen molar-refractivity contribution in [3.05, 3.63) is 35.1 Å². The Kier molecular flexibility index (Phi) is 6.41. The molecule has 0 bridgehead atoms. The predicted octanol–water partition coefficient (Wildman–Crippen LogP) is 2.18. The molecule has 0 aliphatic rings. The van der Waals surface area contributed by atoms with E-state index in [-0.39, 0.29) is 17.7 Å². The Bertz CT molecular complexity index is 439. The van der Waals surface area contributed by atoms with Gasteiger partial charge in [-0.3, -0.25) is 0 Å². The van der Waals surface area contributed by atoms with E-state index in [9.17, 15) is 19.4 Å². The largest absolute Gasteiger partial charge is 0.462 e. The SMILES string of the molecule is CCOC(=O)c1cc(C(O)C(O)CCBr)ccc1F. The number of rotatable bonds is 6. The van der Waals surface area contributed by atoms with Gasteiger partial charge in [-0.25, -0.2) is 9.18 Å². The van der Waals surface area contributed by atoms with Crippen LogP contribution in [0, 0.1) is 5.82 Å². The zero-order valence-electron chi connectivity index (χ0n) is 10.5. The third kappa shape index (κ3) is 4.26. The molecule has 2 atom stereocenters. The molecule has 0 amide bonds. The lowest BCUT2D eigenvalue weighted by molar-refractivity contribution is 0.0172. The average molecular weight is 335 g/mol. The van der Waals surface area contributed by atoms with Crippen molar-refractivity contribution in [3.63, 3.8) is 0 Å². The second-order valence-corrected chi connectivity index (χ2v) is 4.74. The standard InChI is InChI=1S/C13H16BrFO4/c1-2-19-13(18)9-7-8(3-4-10(9)15)12(17)11(16)5-6-14/h3-4,7,11-12,16-17H,2,5-6H2,1H3. The quantitative estimate of drug-likeness (QED) is 0.618. The molecule has 0 saturated heterocycles. The van der Waals surface area contributed by atoms with Crippen LogP contribution in [-0.2, 0) is 4.74 Å². The number of aliphatic hydroxyl groups is 2. The van der Waals surface area contributed by atoms with Crippen molar-refractivity contribution in [2.24, 2.45) is 0 Å². The van der Waals surface area contributed by atoms with Gasteiger partial charge in [0.05, 0.1) is 18.3 Å². The van der Waals surface area contributed by atoms with Crippen LogP contribution in [-0.4, -0.2) is 34.2 Å². The molecule has 0 aromatic heterocycles. The average Bonchev–Trinajstić information content (AvgIpc) is 2.39. The number of carbonyl (C=O) groups excluding carboxylic acids is 1. The Balaban J connectivity index is 2.98. The Morgan fingerprint density at radius 2 is 2.16 bits per heavy atom. The van der Waals surface area contributed by atoms with Gasteiger partial charge in [-0.15, -0.1) is 0 Å². The summed E-state index contributed by atoms with van der Waals surface area (Å²) >= 11 is 3.16. The molecule has 0 saturated carbocycles. The van der Waals surface area contributed by atoms with Crippen molar-refractivity contribution in [1.82, 2.24) is 0 Å². The molecular weight excluding hydrogens is 319 g/mol. The topological polar surface area (TPSA) is 66.8 Å². The second kappa shape index (κ2) is 7.57. The molecule has 2 unspecified atom stereocenters. The molecule has 6 heteroatoms. The highest BCUT2D eigenvalue weighted by molar-refractivity contribution is 9.09. The first-order chi connectivity index (χ1) is 9.01. The first-order valence-electron chi connectivity index (χ1n) is 5.89. The minimum absolute atomic E-state index is 0.136. The van der Waals surface area contributed by atoms with E-state index < -0.39 is 24.0 Å². The van der Waals surface area contributed by atoms with Gasteiger partial charge in [-0.1, -0.05) is 22.0 Å². The highest BCUT2D eigenvalue weighted by Crippen LogP contribution is 2.22. The third-order valence-electron chi connectivity index (χ3n) is 2.60. The maximum absolute atomic E-state index is 13.5. The Labute approximate surface area is 119 Å². The van der Waals surface area contributed by atoms with Gasteiger partial charge in [0.1, 0.15) is 11.9 Å². The summed E-state index contributed by atoms with van der Waals surface area (Å²) in [4.78, 5) is 11.5. The molecule has 4 nitrogen and oxygen atoms in total. The highest BCUT2D eigenvalue weighted by Gasteiger charge is 2.21. The van der Waals surface area contributed by atoms with Crippen LogP contribution in [0.15, 0.2) is 18.2 Å². The molecule has 1 aromatic carbocycles. The van der Waals surface area contributed by atoms with E-state index in [1.165, 1.54) is 12.1 Å². The first kappa shape index (κ1) is 16.1. The second-order valence-electron chi connectivity index (χ2n) is 3.95. The van der Waals surface area contributed by atoms with Crippen molar-refractivity contribution in [2.45, 2.75) is 25.6 Å². The van der Waals surface area contributed by atoms with Crippen LogP contribution in [0.2, 0.25) is 0 Å². The summed E-state index contributed by atoms with van der Waals surface area (Å²) in [6.45, 7) is 1.76. The maximum Gasteiger partial charge on any atom is 0.341 e. The minimum atomic E-state index is -1.17. The van der Waals surface area contributed by atoms with E-state index in [2.05, 4.69) is 15.9 Å². The van der Waals surface area contributed by atoms with Crippen LogP contribution in [0.1, 0.15) is 35.4 Å². The highest BCUT2D eigenvalue weighted by atomic mass is 79.9. The number of halogens is 2. The minimum Gasteiger partial charge on any atom is -0.462 e. The molecule has 0 aliphatic heterocycles. The number of carbonyl (C=O) groups is 1. The number of aliphatic hydroxyl groups excluding tert-OH is 2. The lowest BCUT2D eigenvalue weighted by Crippen LogP contribution is -2.19. The summed E-state index contributed by atoms with van der Waals surface area (Å²) in [7, 11) is 0. The molecule has 0 aliphatic carbocycles. The zero-order chi connectivity index (χ0) is 14.4. The Morgan fingerprint density at radius 3 is 2.74 bits per heavy atom. The van der Waals surface area contributed by atoms with E-state index in [4.69, 9.17) is 4.74 Å². The molecule has 1 rings (SSSR count). The molecule has 19 heavy (non-hydrogen) atoms.